The second-order valence-electron chi connectivity index (χ2n) is 13.2. The maximum Gasteiger partial charge on any atom is 0.161 e. The van der Waals surface area contributed by atoms with Crippen LogP contribution in [-0.2, 0) is 5.41 Å². The molecule has 4 nitrogen and oxygen atoms in total. The lowest BCUT2D eigenvalue weighted by Crippen LogP contribution is -2.32. The number of hydrogen-bond acceptors (Lipinski definition) is 4. The monoisotopic (exact) mass is 663 g/mol. The first-order valence-corrected chi connectivity index (χ1v) is 17.4. The van der Waals surface area contributed by atoms with Crippen LogP contribution in [0.3, 0.4) is 0 Å². The highest BCUT2D eigenvalue weighted by Crippen LogP contribution is 2.62. The van der Waals surface area contributed by atoms with Crippen molar-refractivity contribution >= 4 is 0 Å². The summed E-state index contributed by atoms with van der Waals surface area (Å²) in [6, 6.07) is 62.9. The number of benzene rings is 7. The van der Waals surface area contributed by atoms with E-state index in [0.29, 0.717) is 11.4 Å². The van der Waals surface area contributed by atoms with Crippen LogP contribution in [0.4, 0.5) is 0 Å². The SMILES string of the molecule is N#Cc1ccc2c(c1)C1(c3cc(-c4ccccc4-c4nc(-c5ccccc5)cc(-c5ccccc5)n4)ccc3O2)c2ccccc2-c2ccccc21. The summed E-state index contributed by atoms with van der Waals surface area (Å²) < 4.78 is 6.69. The zero-order valence-corrected chi connectivity index (χ0v) is 28.0. The van der Waals surface area contributed by atoms with E-state index in [1.165, 1.54) is 22.3 Å². The smallest absolute Gasteiger partial charge is 0.161 e. The molecule has 0 atom stereocenters. The van der Waals surface area contributed by atoms with Gasteiger partial charge in [-0.3, -0.25) is 0 Å². The van der Waals surface area contributed by atoms with Crippen molar-refractivity contribution < 1.29 is 4.74 Å². The van der Waals surface area contributed by atoms with E-state index in [2.05, 4.69) is 121 Å². The molecule has 0 saturated heterocycles. The summed E-state index contributed by atoms with van der Waals surface area (Å²) in [6.45, 7) is 0. The molecule has 7 aromatic carbocycles. The zero-order valence-electron chi connectivity index (χ0n) is 28.0. The number of aromatic nitrogens is 2. The van der Waals surface area contributed by atoms with Gasteiger partial charge in [0.2, 0.25) is 0 Å². The molecule has 52 heavy (non-hydrogen) atoms. The van der Waals surface area contributed by atoms with Crippen molar-refractivity contribution in [3.05, 3.63) is 204 Å². The average Bonchev–Trinajstić information content (AvgIpc) is 3.52. The van der Waals surface area contributed by atoms with Crippen LogP contribution in [-0.4, -0.2) is 9.97 Å². The highest BCUT2D eigenvalue weighted by atomic mass is 16.5. The van der Waals surface area contributed by atoms with Crippen molar-refractivity contribution in [3.63, 3.8) is 0 Å². The fourth-order valence-corrected chi connectivity index (χ4v) is 8.15. The second-order valence-corrected chi connectivity index (χ2v) is 13.2. The average molecular weight is 664 g/mol. The van der Waals surface area contributed by atoms with Crippen molar-refractivity contribution in [2.75, 3.05) is 0 Å². The number of hydrogen-bond donors (Lipinski definition) is 0. The van der Waals surface area contributed by atoms with Crippen LogP contribution >= 0.6 is 0 Å². The van der Waals surface area contributed by atoms with Crippen LogP contribution in [0.25, 0.3) is 56.2 Å². The highest BCUT2D eigenvalue weighted by Gasteiger charge is 2.51. The normalized spacial score (nSPS) is 12.9. The molecule has 0 fully saturated rings. The fraction of sp³-hybridized carbons (Fsp3) is 0.0208. The van der Waals surface area contributed by atoms with Crippen LogP contribution in [0.2, 0.25) is 0 Å². The molecule has 1 aromatic heterocycles. The first-order valence-electron chi connectivity index (χ1n) is 17.4. The van der Waals surface area contributed by atoms with Crippen LogP contribution in [0.15, 0.2) is 176 Å². The van der Waals surface area contributed by atoms with Crippen LogP contribution < -0.4 is 4.74 Å². The molecule has 1 aliphatic carbocycles. The molecule has 8 aromatic rings. The van der Waals surface area contributed by atoms with Gasteiger partial charge in [0.1, 0.15) is 11.5 Å². The lowest BCUT2D eigenvalue weighted by atomic mass is 9.65. The third-order valence-electron chi connectivity index (χ3n) is 10.4. The minimum atomic E-state index is -0.696. The molecule has 0 unspecified atom stereocenters. The van der Waals surface area contributed by atoms with E-state index in [1.54, 1.807) is 0 Å². The predicted molar refractivity (Wildman–Crippen MR) is 206 cm³/mol. The molecule has 0 saturated carbocycles. The quantitative estimate of drug-likeness (QED) is 0.188. The molecule has 0 amide bonds. The summed E-state index contributed by atoms with van der Waals surface area (Å²) in [5.41, 5.74) is 13.4. The number of fused-ring (bicyclic) bond motifs is 9. The Morgan fingerprint density at radius 3 is 1.52 bits per heavy atom. The Bertz CT molecular complexity index is 2630. The Balaban J connectivity index is 1.22. The number of ether oxygens (including phenoxy) is 1. The Morgan fingerprint density at radius 1 is 0.423 bits per heavy atom. The minimum Gasteiger partial charge on any atom is -0.457 e. The second kappa shape index (κ2) is 11.8. The number of nitrogens with zero attached hydrogens (tertiary/aromatic N) is 3. The third kappa shape index (κ3) is 4.47. The molecule has 10 rings (SSSR count). The van der Waals surface area contributed by atoms with E-state index >= 15 is 0 Å². The molecule has 4 heteroatoms. The molecule has 0 N–H and O–H groups in total. The first kappa shape index (κ1) is 29.8. The van der Waals surface area contributed by atoms with Gasteiger partial charge in [0.25, 0.3) is 0 Å². The third-order valence-corrected chi connectivity index (χ3v) is 10.4. The summed E-state index contributed by atoms with van der Waals surface area (Å²) >= 11 is 0. The summed E-state index contributed by atoms with van der Waals surface area (Å²) in [5.74, 6) is 2.20. The van der Waals surface area contributed by atoms with Crippen molar-refractivity contribution in [3.8, 4) is 73.7 Å². The summed E-state index contributed by atoms with van der Waals surface area (Å²) in [7, 11) is 0. The van der Waals surface area contributed by atoms with Gasteiger partial charge in [0, 0.05) is 27.8 Å². The van der Waals surface area contributed by atoms with E-state index in [-0.39, 0.29) is 0 Å². The Hall–Kier alpha value is -7.09. The highest BCUT2D eigenvalue weighted by molar-refractivity contribution is 5.90. The summed E-state index contributed by atoms with van der Waals surface area (Å²) in [6.07, 6.45) is 0. The molecule has 2 heterocycles. The Kier molecular flexibility index (Phi) is 6.74. The van der Waals surface area contributed by atoms with Gasteiger partial charge in [-0.25, -0.2) is 9.97 Å². The summed E-state index contributed by atoms with van der Waals surface area (Å²) in [4.78, 5) is 10.4. The molecule has 2 aliphatic rings. The number of rotatable bonds is 4. The van der Waals surface area contributed by atoms with Crippen molar-refractivity contribution in [1.82, 2.24) is 9.97 Å². The first-order chi connectivity index (χ1) is 25.7. The molecule has 0 radical (unpaired) electrons. The van der Waals surface area contributed by atoms with Crippen LogP contribution in [0, 0.1) is 11.3 Å². The molecular formula is C48H29N3O. The number of nitriles is 1. The fourth-order valence-electron chi connectivity index (χ4n) is 8.15. The van der Waals surface area contributed by atoms with E-state index in [4.69, 9.17) is 14.7 Å². The van der Waals surface area contributed by atoms with Gasteiger partial charge >= 0.3 is 0 Å². The van der Waals surface area contributed by atoms with E-state index in [1.807, 2.05) is 60.7 Å². The van der Waals surface area contributed by atoms with Gasteiger partial charge in [-0.2, -0.15) is 5.26 Å². The molecule has 1 aliphatic heterocycles. The van der Waals surface area contributed by atoms with Crippen LogP contribution in [0.1, 0.15) is 27.8 Å². The van der Waals surface area contributed by atoms with Gasteiger partial charge in [-0.05, 0) is 69.8 Å². The van der Waals surface area contributed by atoms with E-state index in [9.17, 15) is 5.26 Å². The van der Waals surface area contributed by atoms with Gasteiger partial charge in [0.15, 0.2) is 5.82 Å². The van der Waals surface area contributed by atoms with Crippen molar-refractivity contribution in [1.29, 1.82) is 5.26 Å². The van der Waals surface area contributed by atoms with Crippen LogP contribution in [0.5, 0.6) is 11.5 Å². The largest absolute Gasteiger partial charge is 0.457 e. The summed E-state index contributed by atoms with van der Waals surface area (Å²) in [5, 5.41) is 10.1. The molecule has 0 bridgehead atoms. The predicted octanol–water partition coefficient (Wildman–Crippen LogP) is 11.5. The van der Waals surface area contributed by atoms with Crippen molar-refractivity contribution in [2.45, 2.75) is 5.41 Å². The maximum absolute atomic E-state index is 10.1. The van der Waals surface area contributed by atoms with Crippen molar-refractivity contribution in [2.24, 2.45) is 0 Å². The van der Waals surface area contributed by atoms with Gasteiger partial charge < -0.3 is 4.74 Å². The lowest BCUT2D eigenvalue weighted by molar-refractivity contribution is 0.436. The van der Waals surface area contributed by atoms with E-state index in [0.717, 1.165) is 61.8 Å². The molecular weight excluding hydrogens is 635 g/mol. The van der Waals surface area contributed by atoms with Gasteiger partial charge in [0.05, 0.1) is 28.4 Å². The zero-order chi connectivity index (χ0) is 34.6. The lowest BCUT2D eigenvalue weighted by Gasteiger charge is -2.39. The maximum atomic E-state index is 10.1. The van der Waals surface area contributed by atoms with Gasteiger partial charge in [-0.15, -0.1) is 0 Å². The molecule has 242 valence electrons. The Morgan fingerprint density at radius 2 is 0.923 bits per heavy atom. The van der Waals surface area contributed by atoms with Gasteiger partial charge in [-0.1, -0.05) is 140 Å². The topological polar surface area (TPSA) is 58.8 Å². The minimum absolute atomic E-state index is 0.596. The molecule has 1 spiro atoms. The Labute approximate surface area is 301 Å². The van der Waals surface area contributed by atoms with E-state index < -0.39 is 5.41 Å². The standard InChI is InChI=1S/C48H29N3O/c49-30-31-23-25-45-41(27-31)48(39-21-11-9-18-36(39)37-19-10-12-22-40(37)48)42-28-34(24-26-46(42)52-45)35-17-7-8-20-38(35)47-50-43(32-13-3-1-4-14-32)29-44(51-47)33-15-5-2-6-16-33/h1-29H.